The molecule has 1 rings (SSSR count). The first kappa shape index (κ1) is 11.4. The standard InChI is InChI=1S/C7H10N2O6/c10-5(11)2-1-8-9-4(7(14)15)3(2)6(12)13/h2-4,8-9H,1H2,(H,10,11)(H,12,13)(H,14,15). The predicted octanol–water partition coefficient (Wildman–Crippen LogP) is -2.05. The molecule has 84 valence electrons. The molecule has 5 N–H and O–H groups in total. The number of hydrogen-bond donors (Lipinski definition) is 5. The zero-order chi connectivity index (χ0) is 11.6. The highest BCUT2D eigenvalue weighted by Gasteiger charge is 2.45. The van der Waals surface area contributed by atoms with E-state index in [2.05, 4.69) is 10.9 Å². The van der Waals surface area contributed by atoms with Crippen molar-refractivity contribution in [3.63, 3.8) is 0 Å². The van der Waals surface area contributed by atoms with E-state index in [1.54, 1.807) is 0 Å². The quantitative estimate of drug-likeness (QED) is 0.365. The molecule has 8 heteroatoms. The molecule has 1 heterocycles. The molecule has 3 unspecified atom stereocenters. The molecule has 0 aliphatic carbocycles. The molecule has 0 aromatic carbocycles. The minimum atomic E-state index is -1.48. The van der Waals surface area contributed by atoms with E-state index in [1.807, 2.05) is 0 Å². The summed E-state index contributed by atoms with van der Waals surface area (Å²) in [6.07, 6.45) is 0. The number of carbonyl (C=O) groups is 3. The Bertz CT molecular complexity index is 282. The lowest BCUT2D eigenvalue weighted by molar-refractivity contribution is -0.162. The smallest absolute Gasteiger partial charge is 0.322 e. The van der Waals surface area contributed by atoms with Gasteiger partial charge in [0, 0.05) is 6.54 Å². The molecule has 1 saturated heterocycles. The largest absolute Gasteiger partial charge is 0.481 e. The highest BCUT2D eigenvalue weighted by Crippen LogP contribution is 2.19. The van der Waals surface area contributed by atoms with Crippen molar-refractivity contribution in [2.45, 2.75) is 6.04 Å². The van der Waals surface area contributed by atoms with E-state index < -0.39 is 35.8 Å². The highest BCUT2D eigenvalue weighted by molar-refractivity contribution is 5.87. The number of hydrazine groups is 1. The van der Waals surface area contributed by atoms with Gasteiger partial charge in [-0.25, -0.2) is 5.43 Å². The van der Waals surface area contributed by atoms with Gasteiger partial charge in [0.15, 0.2) is 0 Å². The Morgan fingerprint density at radius 2 is 1.60 bits per heavy atom. The van der Waals surface area contributed by atoms with E-state index in [0.29, 0.717) is 0 Å². The average molecular weight is 218 g/mol. The van der Waals surface area contributed by atoms with Gasteiger partial charge in [0.05, 0.1) is 11.8 Å². The number of nitrogens with one attached hydrogen (secondary N) is 2. The molecule has 1 aliphatic heterocycles. The molecule has 1 fully saturated rings. The Labute approximate surface area is 83.9 Å². The highest BCUT2D eigenvalue weighted by atomic mass is 16.4. The molecule has 0 saturated carbocycles. The zero-order valence-corrected chi connectivity index (χ0v) is 7.51. The van der Waals surface area contributed by atoms with Crippen LogP contribution in [0, 0.1) is 11.8 Å². The van der Waals surface area contributed by atoms with E-state index in [1.165, 1.54) is 0 Å². The third kappa shape index (κ3) is 2.22. The van der Waals surface area contributed by atoms with Gasteiger partial charge in [-0.1, -0.05) is 0 Å². The fourth-order valence-electron chi connectivity index (χ4n) is 1.50. The van der Waals surface area contributed by atoms with Crippen LogP contribution in [0.25, 0.3) is 0 Å². The minimum absolute atomic E-state index is 0.129. The lowest BCUT2D eigenvalue weighted by Gasteiger charge is -2.31. The molecular formula is C7H10N2O6. The second-order valence-corrected chi connectivity index (χ2v) is 3.15. The second kappa shape index (κ2) is 4.24. The van der Waals surface area contributed by atoms with Crippen LogP contribution in [-0.4, -0.2) is 45.8 Å². The first-order valence-electron chi connectivity index (χ1n) is 4.12. The van der Waals surface area contributed by atoms with Crippen LogP contribution in [0.2, 0.25) is 0 Å². The van der Waals surface area contributed by atoms with Gasteiger partial charge in [0.2, 0.25) is 0 Å². The van der Waals surface area contributed by atoms with Crippen LogP contribution in [-0.2, 0) is 14.4 Å². The van der Waals surface area contributed by atoms with Crippen molar-refractivity contribution >= 4 is 17.9 Å². The van der Waals surface area contributed by atoms with E-state index in [4.69, 9.17) is 15.3 Å². The van der Waals surface area contributed by atoms with Gasteiger partial charge in [-0.05, 0) is 0 Å². The lowest BCUT2D eigenvalue weighted by Crippen LogP contribution is -2.62. The predicted molar refractivity (Wildman–Crippen MR) is 44.8 cm³/mol. The molecule has 0 radical (unpaired) electrons. The van der Waals surface area contributed by atoms with E-state index in [-0.39, 0.29) is 6.54 Å². The Morgan fingerprint density at radius 1 is 1.00 bits per heavy atom. The fraction of sp³-hybridized carbons (Fsp3) is 0.571. The van der Waals surface area contributed by atoms with Crippen LogP contribution >= 0.6 is 0 Å². The van der Waals surface area contributed by atoms with Crippen molar-refractivity contribution in [1.29, 1.82) is 0 Å². The van der Waals surface area contributed by atoms with Crippen molar-refractivity contribution in [3.05, 3.63) is 0 Å². The summed E-state index contributed by atoms with van der Waals surface area (Å²) in [7, 11) is 0. The average Bonchev–Trinajstić information content (AvgIpc) is 2.16. The van der Waals surface area contributed by atoms with Crippen molar-refractivity contribution in [2.75, 3.05) is 6.54 Å². The van der Waals surface area contributed by atoms with Gasteiger partial charge in [0.1, 0.15) is 6.04 Å². The summed E-state index contributed by atoms with van der Waals surface area (Å²) in [6, 6.07) is -1.45. The van der Waals surface area contributed by atoms with Gasteiger partial charge in [0.25, 0.3) is 0 Å². The maximum absolute atomic E-state index is 10.8. The second-order valence-electron chi connectivity index (χ2n) is 3.15. The van der Waals surface area contributed by atoms with Gasteiger partial charge in [-0.2, -0.15) is 0 Å². The number of aliphatic carboxylic acids is 3. The van der Waals surface area contributed by atoms with Crippen LogP contribution in [0.3, 0.4) is 0 Å². The van der Waals surface area contributed by atoms with Gasteiger partial charge >= 0.3 is 17.9 Å². The zero-order valence-electron chi connectivity index (χ0n) is 7.51. The third-order valence-electron chi connectivity index (χ3n) is 2.24. The van der Waals surface area contributed by atoms with Crippen LogP contribution in [0.5, 0.6) is 0 Å². The molecule has 0 aromatic rings. The molecular weight excluding hydrogens is 208 g/mol. The minimum Gasteiger partial charge on any atom is -0.481 e. The number of carboxylic acids is 3. The first-order valence-corrected chi connectivity index (χ1v) is 4.12. The van der Waals surface area contributed by atoms with Crippen LogP contribution in [0.15, 0.2) is 0 Å². The molecule has 0 amide bonds. The van der Waals surface area contributed by atoms with Crippen LogP contribution in [0.4, 0.5) is 0 Å². The first-order chi connectivity index (χ1) is 6.95. The van der Waals surface area contributed by atoms with Gasteiger partial charge < -0.3 is 15.3 Å². The maximum atomic E-state index is 10.8. The third-order valence-corrected chi connectivity index (χ3v) is 2.24. The Kier molecular flexibility index (Phi) is 3.22. The molecule has 1 aliphatic rings. The fourth-order valence-corrected chi connectivity index (χ4v) is 1.50. The number of rotatable bonds is 3. The summed E-state index contributed by atoms with van der Waals surface area (Å²) in [6.45, 7) is -0.129. The number of carboxylic acid groups (broad SMARTS) is 3. The molecule has 0 bridgehead atoms. The van der Waals surface area contributed by atoms with Gasteiger partial charge in [-0.15, -0.1) is 0 Å². The van der Waals surface area contributed by atoms with Crippen molar-refractivity contribution in [2.24, 2.45) is 11.8 Å². The summed E-state index contributed by atoms with van der Waals surface area (Å²) in [5.41, 5.74) is 4.60. The maximum Gasteiger partial charge on any atom is 0.322 e. The Balaban J connectivity index is 2.95. The summed E-state index contributed by atoms with van der Waals surface area (Å²) in [5.74, 6) is -6.92. The molecule has 15 heavy (non-hydrogen) atoms. The Morgan fingerprint density at radius 3 is 2.00 bits per heavy atom. The van der Waals surface area contributed by atoms with E-state index >= 15 is 0 Å². The van der Waals surface area contributed by atoms with Crippen molar-refractivity contribution in [3.8, 4) is 0 Å². The molecule has 0 aromatic heterocycles. The van der Waals surface area contributed by atoms with Gasteiger partial charge in [-0.3, -0.25) is 19.8 Å². The van der Waals surface area contributed by atoms with Crippen molar-refractivity contribution < 1.29 is 29.7 Å². The Hall–Kier alpha value is -1.67. The van der Waals surface area contributed by atoms with Crippen LogP contribution < -0.4 is 10.9 Å². The monoisotopic (exact) mass is 218 g/mol. The number of hydrogen-bond acceptors (Lipinski definition) is 5. The van der Waals surface area contributed by atoms with Crippen LogP contribution in [0.1, 0.15) is 0 Å². The summed E-state index contributed by atoms with van der Waals surface area (Å²) in [4.78, 5) is 32.2. The molecule has 8 nitrogen and oxygen atoms in total. The van der Waals surface area contributed by atoms with E-state index in [0.717, 1.165) is 0 Å². The summed E-state index contributed by atoms with van der Waals surface area (Å²) in [5, 5.41) is 26.2. The van der Waals surface area contributed by atoms with E-state index in [9.17, 15) is 14.4 Å². The summed E-state index contributed by atoms with van der Waals surface area (Å²) >= 11 is 0. The summed E-state index contributed by atoms with van der Waals surface area (Å²) < 4.78 is 0. The molecule has 3 atom stereocenters. The topological polar surface area (TPSA) is 136 Å². The SMILES string of the molecule is O=C(O)C1CNNC(C(=O)O)C1C(=O)O. The molecule has 0 spiro atoms. The normalized spacial score (nSPS) is 30.8. The lowest BCUT2D eigenvalue weighted by atomic mass is 9.84. The van der Waals surface area contributed by atoms with Crippen molar-refractivity contribution in [1.82, 2.24) is 10.9 Å².